The van der Waals surface area contributed by atoms with E-state index in [0.717, 1.165) is 32.5 Å². The highest BCUT2D eigenvalue weighted by Gasteiger charge is 2.22. The van der Waals surface area contributed by atoms with Gasteiger partial charge in [0.15, 0.2) is 11.5 Å². The molecule has 1 fully saturated rings. The van der Waals surface area contributed by atoms with E-state index in [1.165, 1.54) is 29.3 Å². The van der Waals surface area contributed by atoms with E-state index in [-0.39, 0.29) is 17.4 Å². The van der Waals surface area contributed by atoms with Crippen LogP contribution in [-0.4, -0.2) is 40.2 Å². The third-order valence-corrected chi connectivity index (χ3v) is 5.36. The first kappa shape index (κ1) is 20.9. The molecule has 1 heterocycles. The van der Waals surface area contributed by atoms with Crippen molar-refractivity contribution in [2.45, 2.75) is 45.2 Å². The molecule has 1 saturated heterocycles. The number of hydrogen-bond donors (Lipinski definition) is 3. The number of aromatic hydroxyl groups is 2. The van der Waals surface area contributed by atoms with Gasteiger partial charge in [-0.05, 0) is 53.7 Å². The lowest BCUT2D eigenvalue weighted by Crippen LogP contribution is -2.36. The standard InChI is InChI=1S/C24H30N2O3/c1-17(2)25-16-19-4-3-5-21(14-19)20-10-12-26(13-11-20)24(29)9-7-18-6-8-22(27)23(28)15-18/h3-9,14-15,17,20,25,27-28H,10-13,16H2,1-2H3/b9-7-. The minimum atomic E-state index is -0.189. The molecule has 5 heteroatoms. The summed E-state index contributed by atoms with van der Waals surface area (Å²) in [4.78, 5) is 14.4. The van der Waals surface area contributed by atoms with Gasteiger partial charge in [0.1, 0.15) is 0 Å². The van der Waals surface area contributed by atoms with Gasteiger partial charge in [-0.15, -0.1) is 0 Å². The number of carbonyl (C=O) groups is 1. The second-order valence-corrected chi connectivity index (χ2v) is 7.96. The lowest BCUT2D eigenvalue weighted by Gasteiger charge is -2.31. The number of phenolic OH excluding ortho intramolecular Hbond substituents is 2. The molecule has 0 unspecified atom stereocenters. The van der Waals surface area contributed by atoms with Crippen LogP contribution in [0, 0.1) is 0 Å². The summed E-state index contributed by atoms with van der Waals surface area (Å²) in [5.41, 5.74) is 3.33. The molecule has 29 heavy (non-hydrogen) atoms. The first-order valence-electron chi connectivity index (χ1n) is 10.2. The second-order valence-electron chi connectivity index (χ2n) is 7.96. The summed E-state index contributed by atoms with van der Waals surface area (Å²) in [6.07, 6.45) is 5.12. The highest BCUT2D eigenvalue weighted by molar-refractivity contribution is 5.92. The number of rotatable bonds is 6. The van der Waals surface area contributed by atoms with Gasteiger partial charge in [-0.2, -0.15) is 0 Å². The van der Waals surface area contributed by atoms with Crippen LogP contribution in [0.4, 0.5) is 0 Å². The Labute approximate surface area is 172 Å². The SMILES string of the molecule is CC(C)NCc1cccc(C2CCN(C(=O)/C=C\c3ccc(O)c(O)c3)CC2)c1. The Morgan fingerprint density at radius 3 is 2.59 bits per heavy atom. The number of likely N-dealkylation sites (tertiary alicyclic amines) is 1. The van der Waals surface area contributed by atoms with Crippen molar-refractivity contribution in [3.8, 4) is 11.5 Å². The molecule has 0 saturated carbocycles. The maximum absolute atomic E-state index is 12.5. The van der Waals surface area contributed by atoms with Crippen molar-refractivity contribution in [3.05, 3.63) is 65.2 Å². The summed E-state index contributed by atoms with van der Waals surface area (Å²) in [5.74, 6) is 0.104. The molecule has 3 rings (SSSR count). The van der Waals surface area contributed by atoms with Crippen molar-refractivity contribution in [1.29, 1.82) is 0 Å². The van der Waals surface area contributed by atoms with Gasteiger partial charge in [0.2, 0.25) is 5.91 Å². The molecule has 0 radical (unpaired) electrons. The van der Waals surface area contributed by atoms with E-state index in [4.69, 9.17) is 0 Å². The number of carbonyl (C=O) groups excluding carboxylic acids is 1. The summed E-state index contributed by atoms with van der Waals surface area (Å²) in [7, 11) is 0. The fraction of sp³-hybridized carbons (Fsp3) is 0.375. The third kappa shape index (κ3) is 5.84. The van der Waals surface area contributed by atoms with E-state index in [0.29, 0.717) is 17.5 Å². The van der Waals surface area contributed by atoms with Gasteiger partial charge >= 0.3 is 0 Å². The maximum atomic E-state index is 12.5. The smallest absolute Gasteiger partial charge is 0.246 e. The number of nitrogens with one attached hydrogen (secondary N) is 1. The van der Waals surface area contributed by atoms with E-state index in [9.17, 15) is 15.0 Å². The van der Waals surface area contributed by atoms with Crippen LogP contribution in [0.2, 0.25) is 0 Å². The van der Waals surface area contributed by atoms with E-state index in [1.54, 1.807) is 12.1 Å². The van der Waals surface area contributed by atoms with Gasteiger partial charge in [0.05, 0.1) is 0 Å². The molecule has 0 aromatic heterocycles. The Balaban J connectivity index is 1.54. The quantitative estimate of drug-likeness (QED) is 0.511. The fourth-order valence-electron chi connectivity index (χ4n) is 3.63. The predicted octanol–water partition coefficient (Wildman–Crippen LogP) is 4.02. The average Bonchev–Trinajstić information content (AvgIpc) is 2.73. The predicted molar refractivity (Wildman–Crippen MR) is 116 cm³/mol. The van der Waals surface area contributed by atoms with Crippen LogP contribution in [0.5, 0.6) is 11.5 Å². The monoisotopic (exact) mass is 394 g/mol. The number of nitrogens with zero attached hydrogens (tertiary/aromatic N) is 1. The highest BCUT2D eigenvalue weighted by atomic mass is 16.3. The lowest BCUT2D eigenvalue weighted by atomic mass is 9.88. The molecule has 0 bridgehead atoms. The minimum Gasteiger partial charge on any atom is -0.504 e. The van der Waals surface area contributed by atoms with Crippen LogP contribution >= 0.6 is 0 Å². The molecule has 2 aromatic carbocycles. The van der Waals surface area contributed by atoms with Crippen LogP contribution < -0.4 is 5.32 Å². The van der Waals surface area contributed by atoms with Crippen molar-refractivity contribution in [2.24, 2.45) is 0 Å². The Bertz CT molecular complexity index is 868. The van der Waals surface area contributed by atoms with E-state index in [1.807, 2.05) is 4.90 Å². The largest absolute Gasteiger partial charge is 0.504 e. The van der Waals surface area contributed by atoms with Crippen LogP contribution in [-0.2, 0) is 11.3 Å². The summed E-state index contributed by atoms with van der Waals surface area (Å²) in [5, 5.41) is 22.4. The topological polar surface area (TPSA) is 72.8 Å². The first-order valence-corrected chi connectivity index (χ1v) is 10.2. The van der Waals surface area contributed by atoms with Crippen molar-refractivity contribution >= 4 is 12.0 Å². The van der Waals surface area contributed by atoms with Gasteiger partial charge in [-0.25, -0.2) is 0 Å². The molecular weight excluding hydrogens is 364 g/mol. The van der Waals surface area contributed by atoms with Crippen molar-refractivity contribution in [2.75, 3.05) is 13.1 Å². The first-order chi connectivity index (χ1) is 13.9. The van der Waals surface area contributed by atoms with Gasteiger partial charge in [-0.3, -0.25) is 4.79 Å². The number of hydrogen-bond acceptors (Lipinski definition) is 4. The molecule has 0 aliphatic carbocycles. The highest BCUT2D eigenvalue weighted by Crippen LogP contribution is 2.29. The van der Waals surface area contributed by atoms with E-state index < -0.39 is 0 Å². The van der Waals surface area contributed by atoms with Crippen molar-refractivity contribution < 1.29 is 15.0 Å². The molecule has 1 aliphatic rings. The number of piperidine rings is 1. The third-order valence-electron chi connectivity index (χ3n) is 5.36. The van der Waals surface area contributed by atoms with E-state index in [2.05, 4.69) is 43.4 Å². The van der Waals surface area contributed by atoms with Crippen LogP contribution in [0.25, 0.3) is 6.08 Å². The zero-order valence-electron chi connectivity index (χ0n) is 17.1. The minimum absolute atomic E-state index is 0.0223. The molecule has 2 aromatic rings. The average molecular weight is 395 g/mol. The summed E-state index contributed by atoms with van der Waals surface area (Å²) < 4.78 is 0. The molecular formula is C24H30N2O3. The zero-order valence-corrected chi connectivity index (χ0v) is 17.1. The molecule has 0 spiro atoms. The van der Waals surface area contributed by atoms with Gasteiger partial charge < -0.3 is 20.4 Å². The Morgan fingerprint density at radius 2 is 1.90 bits per heavy atom. The van der Waals surface area contributed by atoms with Gasteiger partial charge in [0.25, 0.3) is 0 Å². The van der Waals surface area contributed by atoms with Gasteiger partial charge in [0, 0.05) is 31.8 Å². The Hall–Kier alpha value is -2.79. The Morgan fingerprint density at radius 1 is 1.14 bits per heavy atom. The number of benzene rings is 2. The zero-order chi connectivity index (χ0) is 20.8. The molecule has 1 aliphatic heterocycles. The molecule has 3 N–H and O–H groups in total. The maximum Gasteiger partial charge on any atom is 0.246 e. The van der Waals surface area contributed by atoms with Crippen LogP contribution in [0.15, 0.2) is 48.5 Å². The van der Waals surface area contributed by atoms with Crippen LogP contribution in [0.3, 0.4) is 0 Å². The summed E-state index contributed by atoms with van der Waals surface area (Å²) in [6.45, 7) is 6.65. The second kappa shape index (κ2) is 9.61. The van der Waals surface area contributed by atoms with Gasteiger partial charge in [-0.1, -0.05) is 44.2 Å². The number of amides is 1. The lowest BCUT2D eigenvalue weighted by molar-refractivity contribution is -0.126. The Kier molecular flexibility index (Phi) is 6.94. The molecule has 1 amide bonds. The number of phenols is 2. The molecule has 5 nitrogen and oxygen atoms in total. The fourth-order valence-corrected chi connectivity index (χ4v) is 3.63. The molecule has 0 atom stereocenters. The van der Waals surface area contributed by atoms with Crippen LogP contribution in [0.1, 0.15) is 49.3 Å². The van der Waals surface area contributed by atoms with Crippen molar-refractivity contribution in [3.63, 3.8) is 0 Å². The van der Waals surface area contributed by atoms with Crippen molar-refractivity contribution in [1.82, 2.24) is 10.2 Å². The summed E-state index contributed by atoms with van der Waals surface area (Å²) >= 11 is 0. The van der Waals surface area contributed by atoms with E-state index >= 15 is 0 Å². The molecule has 154 valence electrons. The normalized spacial score (nSPS) is 15.3. The summed E-state index contributed by atoms with van der Waals surface area (Å²) in [6, 6.07) is 13.7.